The second-order valence-electron chi connectivity index (χ2n) is 4.01. The highest BCUT2D eigenvalue weighted by molar-refractivity contribution is 6.34. The summed E-state index contributed by atoms with van der Waals surface area (Å²) in [6, 6.07) is 3.18. The van der Waals surface area contributed by atoms with Gasteiger partial charge in [0.15, 0.2) is 0 Å². The summed E-state index contributed by atoms with van der Waals surface area (Å²) in [6.45, 7) is 0. The van der Waals surface area contributed by atoms with Crippen LogP contribution >= 0.6 is 11.6 Å². The molecular formula is C10H6ClF3N2O4. The van der Waals surface area contributed by atoms with Crippen LogP contribution in [-0.4, -0.2) is 27.7 Å². The van der Waals surface area contributed by atoms with Crippen molar-refractivity contribution in [2.45, 2.75) is 18.4 Å². The van der Waals surface area contributed by atoms with Gasteiger partial charge < -0.3 is 9.94 Å². The number of hydrogen-bond donors (Lipinski definition) is 1. The number of nitro groups is 1. The highest BCUT2D eigenvalue weighted by Gasteiger charge is 2.60. The molecule has 1 aromatic rings. The van der Waals surface area contributed by atoms with E-state index in [-0.39, 0.29) is 22.0 Å². The summed E-state index contributed by atoms with van der Waals surface area (Å²) in [4.78, 5) is 13.9. The molecule has 0 radical (unpaired) electrons. The Morgan fingerprint density at radius 2 is 2.15 bits per heavy atom. The maximum Gasteiger partial charge on any atom is 0.458 e. The van der Waals surface area contributed by atoms with Crippen molar-refractivity contribution >= 4 is 23.0 Å². The third-order valence-corrected chi connectivity index (χ3v) is 2.94. The molecule has 0 bridgehead atoms. The van der Waals surface area contributed by atoms with Gasteiger partial charge in [-0.05, 0) is 6.07 Å². The topological polar surface area (TPSA) is 85.0 Å². The van der Waals surface area contributed by atoms with Gasteiger partial charge in [0, 0.05) is 17.7 Å². The second-order valence-corrected chi connectivity index (χ2v) is 4.42. The van der Waals surface area contributed by atoms with Crippen LogP contribution < -0.4 is 0 Å². The first-order chi connectivity index (χ1) is 9.14. The van der Waals surface area contributed by atoms with E-state index in [4.69, 9.17) is 11.6 Å². The van der Waals surface area contributed by atoms with Crippen LogP contribution in [0.2, 0.25) is 5.02 Å². The fourth-order valence-corrected chi connectivity index (χ4v) is 1.85. The van der Waals surface area contributed by atoms with Crippen molar-refractivity contribution in [1.29, 1.82) is 0 Å². The predicted molar refractivity (Wildman–Crippen MR) is 61.4 cm³/mol. The lowest BCUT2D eigenvalue weighted by Crippen LogP contribution is -2.45. The number of hydrogen-bond acceptors (Lipinski definition) is 5. The van der Waals surface area contributed by atoms with Gasteiger partial charge in [-0.3, -0.25) is 10.1 Å². The van der Waals surface area contributed by atoms with Crippen LogP contribution in [-0.2, 0) is 4.84 Å². The summed E-state index contributed by atoms with van der Waals surface area (Å²) >= 11 is 5.76. The van der Waals surface area contributed by atoms with Crippen molar-refractivity contribution in [3.05, 3.63) is 38.9 Å². The maximum atomic E-state index is 12.5. The Balaban J connectivity index is 2.29. The van der Waals surface area contributed by atoms with E-state index in [1.54, 1.807) is 0 Å². The molecule has 1 aliphatic heterocycles. The van der Waals surface area contributed by atoms with Gasteiger partial charge in [-0.1, -0.05) is 16.8 Å². The molecular weight excluding hydrogens is 305 g/mol. The fourth-order valence-electron chi connectivity index (χ4n) is 1.57. The van der Waals surface area contributed by atoms with E-state index in [0.29, 0.717) is 0 Å². The quantitative estimate of drug-likeness (QED) is 0.672. The fraction of sp³-hybridized carbons (Fsp3) is 0.300. The molecule has 1 heterocycles. The number of aliphatic hydroxyl groups is 1. The Hall–Kier alpha value is -1.87. The van der Waals surface area contributed by atoms with Gasteiger partial charge in [-0.2, -0.15) is 13.2 Å². The Bertz CT molecular complexity index is 605. The van der Waals surface area contributed by atoms with Gasteiger partial charge in [0.05, 0.1) is 22.1 Å². The van der Waals surface area contributed by atoms with E-state index < -0.39 is 23.3 Å². The SMILES string of the molecule is O=[N+]([O-])c1ccc(C2=NOC(O)(C(F)(F)F)C2)c(Cl)c1. The lowest BCUT2D eigenvalue weighted by molar-refractivity contribution is -0.384. The number of alkyl halides is 3. The van der Waals surface area contributed by atoms with Crippen LogP contribution in [0.3, 0.4) is 0 Å². The normalized spacial score (nSPS) is 22.4. The Morgan fingerprint density at radius 3 is 2.60 bits per heavy atom. The zero-order valence-electron chi connectivity index (χ0n) is 9.52. The minimum Gasteiger partial charge on any atom is -0.350 e. The Morgan fingerprint density at radius 1 is 1.50 bits per heavy atom. The third-order valence-electron chi connectivity index (χ3n) is 2.63. The van der Waals surface area contributed by atoms with Crippen molar-refractivity contribution in [2.24, 2.45) is 5.16 Å². The predicted octanol–water partition coefficient (Wildman–Crippen LogP) is 2.62. The molecule has 0 amide bonds. The van der Waals surface area contributed by atoms with E-state index in [1.165, 1.54) is 0 Å². The average molecular weight is 311 g/mol. The molecule has 0 spiro atoms. The molecule has 0 aromatic heterocycles. The van der Waals surface area contributed by atoms with Crippen LogP contribution in [0, 0.1) is 10.1 Å². The molecule has 20 heavy (non-hydrogen) atoms. The van der Waals surface area contributed by atoms with Gasteiger partial charge in [0.2, 0.25) is 0 Å². The molecule has 1 aliphatic rings. The number of halogens is 4. The number of nitrogens with zero attached hydrogens (tertiary/aromatic N) is 2. The molecule has 1 unspecified atom stereocenters. The zero-order valence-corrected chi connectivity index (χ0v) is 10.3. The van der Waals surface area contributed by atoms with Crippen LogP contribution in [0.25, 0.3) is 0 Å². The number of oxime groups is 1. The highest BCUT2D eigenvalue weighted by Crippen LogP contribution is 2.40. The summed E-state index contributed by atoms with van der Waals surface area (Å²) < 4.78 is 37.6. The molecule has 1 N–H and O–H groups in total. The standard InChI is InChI=1S/C10H6ClF3N2O4/c11-7-3-5(16(18)19)1-2-6(7)8-4-9(17,20-15-8)10(12,13)14/h1-3,17H,4H2. The van der Waals surface area contributed by atoms with Gasteiger partial charge in [-0.15, -0.1) is 0 Å². The molecule has 1 atom stereocenters. The van der Waals surface area contributed by atoms with E-state index >= 15 is 0 Å². The van der Waals surface area contributed by atoms with Crippen LogP contribution in [0.1, 0.15) is 12.0 Å². The van der Waals surface area contributed by atoms with Crippen LogP contribution in [0.4, 0.5) is 18.9 Å². The lowest BCUT2D eigenvalue weighted by Gasteiger charge is -2.22. The van der Waals surface area contributed by atoms with Crippen LogP contribution in [0.15, 0.2) is 23.4 Å². The van der Waals surface area contributed by atoms with Crippen molar-refractivity contribution in [3.8, 4) is 0 Å². The van der Waals surface area contributed by atoms with E-state index in [1.807, 2.05) is 0 Å². The Labute approximate surface area is 114 Å². The zero-order chi connectivity index (χ0) is 15.1. The van der Waals surface area contributed by atoms with Crippen molar-refractivity contribution in [1.82, 2.24) is 0 Å². The molecule has 10 heteroatoms. The minimum atomic E-state index is -5.02. The summed E-state index contributed by atoms with van der Waals surface area (Å²) in [5.41, 5.74) is -0.536. The van der Waals surface area contributed by atoms with E-state index in [2.05, 4.69) is 9.99 Å². The number of rotatable bonds is 2. The molecule has 108 valence electrons. The lowest BCUT2D eigenvalue weighted by atomic mass is 10.0. The smallest absolute Gasteiger partial charge is 0.350 e. The Kier molecular flexibility index (Phi) is 3.34. The second kappa shape index (κ2) is 4.60. The van der Waals surface area contributed by atoms with E-state index in [0.717, 1.165) is 18.2 Å². The number of non-ortho nitro benzene ring substituents is 1. The number of nitro benzene ring substituents is 1. The molecule has 1 aromatic carbocycles. The molecule has 0 aliphatic carbocycles. The summed E-state index contributed by atoms with van der Waals surface area (Å²) in [5, 5.41) is 22.8. The summed E-state index contributed by atoms with van der Waals surface area (Å²) in [6.07, 6.45) is -5.97. The monoisotopic (exact) mass is 310 g/mol. The van der Waals surface area contributed by atoms with Gasteiger partial charge >= 0.3 is 12.0 Å². The number of benzene rings is 1. The minimum absolute atomic E-state index is 0.0254. The van der Waals surface area contributed by atoms with Crippen molar-refractivity contribution in [3.63, 3.8) is 0 Å². The molecule has 0 saturated carbocycles. The van der Waals surface area contributed by atoms with Gasteiger partial charge in [-0.25, -0.2) is 0 Å². The first-order valence-electron chi connectivity index (χ1n) is 5.12. The molecule has 6 nitrogen and oxygen atoms in total. The van der Waals surface area contributed by atoms with Gasteiger partial charge in [0.25, 0.3) is 5.69 Å². The highest BCUT2D eigenvalue weighted by atomic mass is 35.5. The van der Waals surface area contributed by atoms with Gasteiger partial charge in [0.1, 0.15) is 0 Å². The average Bonchev–Trinajstić information content (AvgIpc) is 2.72. The summed E-state index contributed by atoms with van der Waals surface area (Å²) in [7, 11) is 0. The molecule has 0 fully saturated rings. The largest absolute Gasteiger partial charge is 0.458 e. The maximum absolute atomic E-state index is 12.5. The van der Waals surface area contributed by atoms with Crippen molar-refractivity contribution in [2.75, 3.05) is 0 Å². The first-order valence-corrected chi connectivity index (χ1v) is 5.50. The van der Waals surface area contributed by atoms with Crippen LogP contribution in [0.5, 0.6) is 0 Å². The third kappa shape index (κ3) is 2.41. The molecule has 0 saturated heterocycles. The molecule has 2 rings (SSSR count). The van der Waals surface area contributed by atoms with Crippen molar-refractivity contribution < 1.29 is 28.0 Å². The summed E-state index contributed by atoms with van der Waals surface area (Å²) in [5.74, 6) is -3.41. The first kappa shape index (κ1) is 14.5. The van der Waals surface area contributed by atoms with E-state index in [9.17, 15) is 28.4 Å².